The van der Waals surface area contributed by atoms with Crippen LogP contribution in [0, 0.1) is 19.8 Å². The van der Waals surface area contributed by atoms with Crippen LogP contribution in [0.2, 0.25) is 5.02 Å². The van der Waals surface area contributed by atoms with Crippen LogP contribution in [0.25, 0.3) is 0 Å². The van der Waals surface area contributed by atoms with Crippen molar-refractivity contribution < 1.29 is 9.59 Å². The van der Waals surface area contributed by atoms with E-state index in [4.69, 9.17) is 11.6 Å². The van der Waals surface area contributed by atoms with Gasteiger partial charge in [-0.1, -0.05) is 43.4 Å². The van der Waals surface area contributed by atoms with Crippen LogP contribution in [0.4, 0.5) is 11.4 Å². The fraction of sp³-hybridized carbons (Fsp3) is 0.407. The Morgan fingerprint density at radius 1 is 1.11 bits per heavy atom. The largest absolute Gasteiger partial charge is 0.376 e. The van der Waals surface area contributed by atoms with E-state index in [0.29, 0.717) is 27.9 Å². The Hall–Kier alpha value is -2.97. The minimum absolute atomic E-state index is 0.106. The molecule has 0 unspecified atom stereocenters. The van der Waals surface area contributed by atoms with E-state index in [2.05, 4.69) is 25.9 Å². The number of carbonyl (C=O) groups excluding carboxylic acids is 2. The van der Waals surface area contributed by atoms with Gasteiger partial charge in [-0.2, -0.15) is 0 Å². The molecule has 0 bridgehead atoms. The molecule has 1 saturated carbocycles. The second-order valence-corrected chi connectivity index (χ2v) is 11.0. The van der Waals surface area contributed by atoms with Gasteiger partial charge in [0.15, 0.2) is 0 Å². The van der Waals surface area contributed by atoms with Crippen LogP contribution in [0.3, 0.4) is 0 Å². The number of benzene rings is 1. The number of aryl methyl sites for hydroxylation is 2. The quantitative estimate of drug-likeness (QED) is 0.304. The highest BCUT2D eigenvalue weighted by Gasteiger charge is 2.28. The molecule has 4 rings (SSSR count). The van der Waals surface area contributed by atoms with Gasteiger partial charge in [-0.25, -0.2) is 4.98 Å². The standard InChI is InChI=1S/C27H32ClN5O2S/c1-16-11-22(12-17(2)30-16)32-25(34)23(13-19-7-4-5-8-19)33-26(35)24-15-29-27(36-24)18(3)31-21-10-6-9-20(28)14-21/h6,9-12,14-15,18-19,23,31H,4-5,7-8,13H2,1-3H3,(H,33,35)(H,30,32,34)/t18-,23+/m1/s1. The molecular weight excluding hydrogens is 494 g/mol. The van der Waals surface area contributed by atoms with Crippen molar-refractivity contribution in [3.63, 3.8) is 0 Å². The van der Waals surface area contributed by atoms with E-state index in [9.17, 15) is 9.59 Å². The number of hydrogen-bond acceptors (Lipinski definition) is 6. The molecule has 2 atom stereocenters. The third-order valence-electron chi connectivity index (χ3n) is 6.34. The van der Waals surface area contributed by atoms with Crippen molar-refractivity contribution in [1.82, 2.24) is 15.3 Å². The lowest BCUT2D eigenvalue weighted by atomic mass is 9.97. The average Bonchev–Trinajstić information content (AvgIpc) is 3.50. The summed E-state index contributed by atoms with van der Waals surface area (Å²) in [5, 5.41) is 10.8. The zero-order valence-corrected chi connectivity index (χ0v) is 22.4. The Kier molecular flexibility index (Phi) is 8.59. The van der Waals surface area contributed by atoms with Gasteiger partial charge in [-0.15, -0.1) is 11.3 Å². The fourth-order valence-corrected chi connectivity index (χ4v) is 5.67. The lowest BCUT2D eigenvalue weighted by molar-refractivity contribution is -0.118. The molecule has 0 saturated heterocycles. The second-order valence-electron chi connectivity index (χ2n) is 9.48. The second kappa shape index (κ2) is 11.8. The van der Waals surface area contributed by atoms with Gasteiger partial charge in [-0.05, 0) is 63.4 Å². The summed E-state index contributed by atoms with van der Waals surface area (Å²) in [6, 6.07) is 10.4. The van der Waals surface area contributed by atoms with Crippen LogP contribution in [-0.2, 0) is 4.79 Å². The number of aromatic nitrogens is 2. The third kappa shape index (κ3) is 7.04. The molecular formula is C27H32ClN5O2S. The van der Waals surface area contributed by atoms with Crippen LogP contribution in [0.15, 0.2) is 42.6 Å². The number of pyridine rings is 1. The summed E-state index contributed by atoms with van der Waals surface area (Å²) in [7, 11) is 0. The fourth-order valence-electron chi connectivity index (χ4n) is 4.66. The summed E-state index contributed by atoms with van der Waals surface area (Å²) in [5.41, 5.74) is 3.24. The first-order valence-corrected chi connectivity index (χ1v) is 13.5. The van der Waals surface area contributed by atoms with Gasteiger partial charge < -0.3 is 16.0 Å². The topological polar surface area (TPSA) is 96.0 Å². The van der Waals surface area contributed by atoms with Crippen molar-refractivity contribution in [3.05, 3.63) is 68.9 Å². The lowest BCUT2D eigenvalue weighted by Gasteiger charge is -2.21. The first-order chi connectivity index (χ1) is 17.3. The van der Waals surface area contributed by atoms with E-state index in [0.717, 1.165) is 34.9 Å². The SMILES string of the molecule is Cc1cc(NC(=O)[C@H](CC2CCCC2)NC(=O)c2cnc([C@@H](C)Nc3cccc(Cl)c3)s2)cc(C)n1. The summed E-state index contributed by atoms with van der Waals surface area (Å²) >= 11 is 7.40. The average molecular weight is 526 g/mol. The molecule has 1 aliphatic rings. The molecule has 2 heterocycles. The van der Waals surface area contributed by atoms with E-state index in [1.54, 1.807) is 6.20 Å². The molecule has 0 aliphatic heterocycles. The van der Waals surface area contributed by atoms with Crippen LogP contribution in [0.1, 0.15) is 71.1 Å². The highest BCUT2D eigenvalue weighted by Crippen LogP contribution is 2.30. The molecule has 36 heavy (non-hydrogen) atoms. The maximum absolute atomic E-state index is 13.3. The predicted molar refractivity (Wildman–Crippen MR) is 146 cm³/mol. The van der Waals surface area contributed by atoms with E-state index in [1.807, 2.05) is 57.2 Å². The number of nitrogens with zero attached hydrogens (tertiary/aromatic N) is 2. The Labute approximate surface area is 221 Å². The van der Waals surface area contributed by atoms with Crippen molar-refractivity contribution in [1.29, 1.82) is 0 Å². The molecule has 3 N–H and O–H groups in total. The van der Waals surface area contributed by atoms with Crippen molar-refractivity contribution in [3.8, 4) is 0 Å². The Balaban J connectivity index is 1.44. The van der Waals surface area contributed by atoms with Crippen molar-refractivity contribution in [2.45, 2.75) is 65.0 Å². The van der Waals surface area contributed by atoms with Gasteiger partial charge in [0.05, 0.1) is 12.2 Å². The van der Waals surface area contributed by atoms with Gasteiger partial charge >= 0.3 is 0 Å². The first kappa shape index (κ1) is 26.1. The zero-order valence-electron chi connectivity index (χ0n) is 20.8. The third-order valence-corrected chi connectivity index (χ3v) is 7.75. The molecule has 7 nitrogen and oxygen atoms in total. The molecule has 190 valence electrons. The smallest absolute Gasteiger partial charge is 0.263 e. The van der Waals surface area contributed by atoms with E-state index >= 15 is 0 Å². The van der Waals surface area contributed by atoms with Crippen LogP contribution in [-0.4, -0.2) is 27.8 Å². The van der Waals surface area contributed by atoms with Crippen molar-refractivity contribution in [2.75, 3.05) is 10.6 Å². The van der Waals surface area contributed by atoms with Gasteiger partial charge in [0.25, 0.3) is 5.91 Å². The summed E-state index contributed by atoms with van der Waals surface area (Å²) in [6.45, 7) is 5.77. The molecule has 2 amide bonds. The summed E-state index contributed by atoms with van der Waals surface area (Å²) in [4.78, 5) is 35.7. The molecule has 2 aromatic heterocycles. The highest BCUT2D eigenvalue weighted by atomic mass is 35.5. The minimum Gasteiger partial charge on any atom is -0.376 e. The predicted octanol–water partition coefficient (Wildman–Crippen LogP) is 6.30. The molecule has 3 aromatic rings. The number of rotatable bonds is 9. The molecule has 1 fully saturated rings. The van der Waals surface area contributed by atoms with Crippen LogP contribution in [0.5, 0.6) is 0 Å². The maximum Gasteiger partial charge on any atom is 0.263 e. The van der Waals surface area contributed by atoms with Crippen LogP contribution >= 0.6 is 22.9 Å². The number of carbonyl (C=O) groups is 2. The number of thiazole rings is 1. The van der Waals surface area contributed by atoms with Gasteiger partial charge in [0, 0.05) is 27.8 Å². The number of amides is 2. The number of nitrogens with one attached hydrogen (secondary N) is 3. The van der Waals surface area contributed by atoms with Gasteiger partial charge in [-0.3, -0.25) is 14.6 Å². The lowest BCUT2D eigenvalue weighted by Crippen LogP contribution is -2.44. The van der Waals surface area contributed by atoms with Crippen molar-refractivity contribution in [2.24, 2.45) is 5.92 Å². The molecule has 0 radical (unpaired) electrons. The maximum atomic E-state index is 13.3. The van der Waals surface area contributed by atoms with E-state index in [1.165, 1.54) is 24.2 Å². The van der Waals surface area contributed by atoms with Gasteiger partial charge in [0.1, 0.15) is 15.9 Å². The number of halogens is 1. The molecule has 1 aromatic carbocycles. The number of anilines is 2. The first-order valence-electron chi connectivity index (χ1n) is 12.3. The van der Waals surface area contributed by atoms with E-state index < -0.39 is 6.04 Å². The normalized spacial score (nSPS) is 15.3. The van der Waals surface area contributed by atoms with Crippen LogP contribution < -0.4 is 16.0 Å². The monoisotopic (exact) mass is 525 g/mol. The zero-order chi connectivity index (χ0) is 25.7. The minimum atomic E-state index is -0.623. The summed E-state index contributed by atoms with van der Waals surface area (Å²) in [5.74, 6) is -0.0594. The van der Waals surface area contributed by atoms with Crippen molar-refractivity contribution >= 4 is 46.1 Å². The Morgan fingerprint density at radius 2 is 1.83 bits per heavy atom. The Bertz CT molecular complexity index is 1200. The van der Waals surface area contributed by atoms with Gasteiger partial charge in [0.2, 0.25) is 5.91 Å². The summed E-state index contributed by atoms with van der Waals surface area (Å²) in [6.07, 6.45) is 6.72. The molecule has 1 aliphatic carbocycles. The Morgan fingerprint density at radius 3 is 2.53 bits per heavy atom. The summed E-state index contributed by atoms with van der Waals surface area (Å²) < 4.78 is 0. The molecule has 0 spiro atoms. The molecule has 9 heteroatoms. The highest BCUT2D eigenvalue weighted by molar-refractivity contribution is 7.13. The number of hydrogen-bond donors (Lipinski definition) is 3. The van der Waals surface area contributed by atoms with E-state index in [-0.39, 0.29) is 17.9 Å².